The molecule has 2 rings (SSSR count). The molecule has 2 aromatic rings. The summed E-state index contributed by atoms with van der Waals surface area (Å²) < 4.78 is 10.4. The zero-order valence-corrected chi connectivity index (χ0v) is 15.9. The molecule has 7 heteroatoms. The molecule has 26 heavy (non-hydrogen) atoms. The first-order valence-corrected chi connectivity index (χ1v) is 8.81. The van der Waals surface area contributed by atoms with Gasteiger partial charge < -0.3 is 14.8 Å². The number of hydrogen-bond donors (Lipinski definition) is 1. The molecule has 0 aliphatic carbocycles. The Hall–Kier alpha value is -2.24. The largest absolute Gasteiger partial charge is 0.482 e. The highest BCUT2D eigenvalue weighted by molar-refractivity contribution is 6.35. The third kappa shape index (κ3) is 5.93. The third-order valence-electron chi connectivity index (χ3n) is 3.55. The number of anilines is 1. The van der Waals surface area contributed by atoms with Crippen LogP contribution in [0.4, 0.5) is 5.69 Å². The minimum atomic E-state index is -1.01. The van der Waals surface area contributed by atoms with E-state index in [-0.39, 0.29) is 6.61 Å². The van der Waals surface area contributed by atoms with Crippen LogP contribution in [0.25, 0.3) is 0 Å². The summed E-state index contributed by atoms with van der Waals surface area (Å²) in [6, 6.07) is 12.1. The van der Waals surface area contributed by atoms with Gasteiger partial charge in [0.25, 0.3) is 5.91 Å². The molecule has 0 fully saturated rings. The Kier molecular flexibility index (Phi) is 7.30. The molecule has 1 amide bonds. The van der Waals surface area contributed by atoms with Crippen molar-refractivity contribution in [3.8, 4) is 5.75 Å². The number of benzene rings is 2. The number of esters is 1. The number of amides is 1. The van der Waals surface area contributed by atoms with Crippen molar-refractivity contribution in [3.63, 3.8) is 0 Å². The lowest BCUT2D eigenvalue weighted by Crippen LogP contribution is -2.31. The normalized spacial score (nSPS) is 11.5. The van der Waals surface area contributed by atoms with Gasteiger partial charge in [0.2, 0.25) is 0 Å². The maximum absolute atomic E-state index is 12.1. The summed E-state index contributed by atoms with van der Waals surface area (Å²) in [7, 11) is 0. The second-order valence-electron chi connectivity index (χ2n) is 5.53. The molecule has 138 valence electrons. The van der Waals surface area contributed by atoms with Crippen LogP contribution in [0, 0.1) is 0 Å². The Labute approximate surface area is 162 Å². The van der Waals surface area contributed by atoms with Crippen LogP contribution in [0.1, 0.15) is 19.4 Å². The monoisotopic (exact) mass is 395 g/mol. The van der Waals surface area contributed by atoms with E-state index in [1.807, 2.05) is 12.1 Å². The van der Waals surface area contributed by atoms with Crippen LogP contribution < -0.4 is 10.1 Å². The molecule has 1 N–H and O–H groups in total. The van der Waals surface area contributed by atoms with Gasteiger partial charge in [-0.05, 0) is 49.2 Å². The molecule has 5 nitrogen and oxygen atoms in total. The Bertz CT molecular complexity index is 778. The van der Waals surface area contributed by atoms with Gasteiger partial charge in [-0.2, -0.15) is 0 Å². The summed E-state index contributed by atoms with van der Waals surface area (Å²) in [5, 5.41) is 3.33. The van der Waals surface area contributed by atoms with E-state index in [9.17, 15) is 9.59 Å². The molecule has 0 spiro atoms. The van der Waals surface area contributed by atoms with Crippen molar-refractivity contribution in [3.05, 3.63) is 58.1 Å². The molecule has 0 bridgehead atoms. The fraction of sp³-hybridized carbons (Fsp3) is 0.263. The van der Waals surface area contributed by atoms with Crippen LogP contribution in [0.15, 0.2) is 42.5 Å². The summed E-state index contributed by atoms with van der Waals surface area (Å²) in [4.78, 5) is 24.0. The van der Waals surface area contributed by atoms with Crippen LogP contribution in [-0.4, -0.2) is 24.6 Å². The minimum Gasteiger partial charge on any atom is -0.482 e. The maximum Gasteiger partial charge on any atom is 0.344 e. The van der Waals surface area contributed by atoms with Gasteiger partial charge in [-0.3, -0.25) is 4.79 Å². The second kappa shape index (κ2) is 9.46. The van der Waals surface area contributed by atoms with E-state index in [0.717, 1.165) is 6.42 Å². The van der Waals surface area contributed by atoms with Crippen molar-refractivity contribution in [2.75, 3.05) is 11.9 Å². The number of carbonyl (C=O) groups excluding carboxylic acids is 2. The van der Waals surface area contributed by atoms with Crippen LogP contribution in [0.5, 0.6) is 5.75 Å². The Balaban J connectivity index is 1.83. The van der Waals surface area contributed by atoms with Crippen LogP contribution in [-0.2, 0) is 20.7 Å². The summed E-state index contributed by atoms with van der Waals surface area (Å²) in [5.74, 6) is -0.610. The maximum atomic E-state index is 12.1. The van der Waals surface area contributed by atoms with Gasteiger partial charge in [-0.15, -0.1) is 0 Å². The molecule has 0 aliphatic rings. The second-order valence-corrected chi connectivity index (χ2v) is 6.38. The molecule has 0 radical (unpaired) electrons. The summed E-state index contributed by atoms with van der Waals surface area (Å²) in [6.07, 6.45) is -0.0883. The number of aryl methyl sites for hydroxylation is 1. The Morgan fingerprint density at radius 1 is 1.12 bits per heavy atom. The van der Waals surface area contributed by atoms with Crippen molar-refractivity contribution in [2.24, 2.45) is 0 Å². The number of hydrogen-bond acceptors (Lipinski definition) is 4. The predicted octanol–water partition coefficient (Wildman–Crippen LogP) is 4.51. The minimum absolute atomic E-state index is 0.291. The van der Waals surface area contributed by atoms with Crippen LogP contribution in [0.2, 0.25) is 10.0 Å². The Morgan fingerprint density at radius 2 is 1.81 bits per heavy atom. The highest BCUT2D eigenvalue weighted by atomic mass is 35.5. The molecule has 0 heterocycles. The number of ether oxygens (including phenoxy) is 2. The van der Waals surface area contributed by atoms with Gasteiger partial charge in [-0.1, -0.05) is 42.3 Å². The molecular formula is C19H19Cl2NO4. The molecule has 0 aromatic heterocycles. The SMILES string of the molecule is CCc1ccc(OCC(=O)OC(C)C(=O)Nc2cc(Cl)ccc2Cl)cc1. The summed E-state index contributed by atoms with van der Waals surface area (Å²) in [5.41, 5.74) is 1.52. The number of carbonyl (C=O) groups is 2. The highest BCUT2D eigenvalue weighted by Crippen LogP contribution is 2.25. The molecule has 2 aromatic carbocycles. The van der Waals surface area contributed by atoms with E-state index in [4.69, 9.17) is 32.7 Å². The molecule has 0 aliphatic heterocycles. The lowest BCUT2D eigenvalue weighted by atomic mass is 10.2. The number of rotatable bonds is 7. The first-order valence-electron chi connectivity index (χ1n) is 8.06. The lowest BCUT2D eigenvalue weighted by molar-refractivity contribution is -0.155. The fourth-order valence-electron chi connectivity index (χ4n) is 2.08. The van der Waals surface area contributed by atoms with E-state index >= 15 is 0 Å². The van der Waals surface area contributed by atoms with E-state index in [1.54, 1.807) is 24.3 Å². The van der Waals surface area contributed by atoms with Gasteiger partial charge in [0.1, 0.15) is 5.75 Å². The van der Waals surface area contributed by atoms with Crippen molar-refractivity contribution in [1.29, 1.82) is 0 Å². The zero-order chi connectivity index (χ0) is 19.1. The van der Waals surface area contributed by atoms with Crippen molar-refractivity contribution in [1.82, 2.24) is 0 Å². The zero-order valence-electron chi connectivity index (χ0n) is 14.4. The van der Waals surface area contributed by atoms with Crippen molar-refractivity contribution >= 4 is 40.8 Å². The van der Waals surface area contributed by atoms with E-state index in [2.05, 4.69) is 12.2 Å². The van der Waals surface area contributed by atoms with Gasteiger partial charge in [0, 0.05) is 5.02 Å². The van der Waals surface area contributed by atoms with Gasteiger partial charge in [0.05, 0.1) is 10.7 Å². The molecule has 0 saturated heterocycles. The van der Waals surface area contributed by atoms with Gasteiger partial charge in [0.15, 0.2) is 12.7 Å². The molecular weight excluding hydrogens is 377 g/mol. The average Bonchev–Trinajstić information content (AvgIpc) is 2.63. The summed E-state index contributed by atoms with van der Waals surface area (Å²) >= 11 is 11.9. The quantitative estimate of drug-likeness (QED) is 0.700. The van der Waals surface area contributed by atoms with Gasteiger partial charge >= 0.3 is 5.97 Å². The highest BCUT2D eigenvalue weighted by Gasteiger charge is 2.19. The first-order chi connectivity index (χ1) is 12.4. The molecule has 0 saturated carbocycles. The van der Waals surface area contributed by atoms with Crippen LogP contribution >= 0.6 is 23.2 Å². The standard InChI is InChI=1S/C19H19Cl2NO4/c1-3-13-4-7-15(8-5-13)25-11-18(23)26-12(2)19(24)22-17-10-14(20)6-9-16(17)21/h4-10,12H,3,11H2,1-2H3,(H,22,24). The summed E-state index contributed by atoms with van der Waals surface area (Å²) in [6.45, 7) is 3.22. The van der Waals surface area contributed by atoms with Crippen molar-refractivity contribution in [2.45, 2.75) is 26.4 Å². The number of halogens is 2. The lowest BCUT2D eigenvalue weighted by Gasteiger charge is -2.14. The molecule has 1 atom stereocenters. The first kappa shape index (κ1) is 20.1. The van der Waals surface area contributed by atoms with Crippen molar-refractivity contribution < 1.29 is 19.1 Å². The third-order valence-corrected chi connectivity index (χ3v) is 4.12. The van der Waals surface area contributed by atoms with E-state index in [1.165, 1.54) is 18.6 Å². The fourth-order valence-corrected chi connectivity index (χ4v) is 2.41. The average molecular weight is 396 g/mol. The molecule has 1 unspecified atom stereocenters. The van der Waals surface area contributed by atoms with E-state index in [0.29, 0.717) is 21.5 Å². The topological polar surface area (TPSA) is 64.6 Å². The van der Waals surface area contributed by atoms with E-state index < -0.39 is 18.0 Å². The van der Waals surface area contributed by atoms with Gasteiger partial charge in [-0.25, -0.2) is 4.79 Å². The smallest absolute Gasteiger partial charge is 0.344 e. The number of nitrogens with one attached hydrogen (secondary N) is 1. The Morgan fingerprint density at radius 3 is 2.46 bits per heavy atom. The predicted molar refractivity (Wildman–Crippen MR) is 102 cm³/mol. The van der Waals surface area contributed by atoms with Crippen LogP contribution in [0.3, 0.4) is 0 Å².